The minimum absolute atomic E-state index is 0.785. The molecule has 0 amide bonds. The second-order valence-electron chi connectivity index (χ2n) is 5.09. The van der Waals surface area contributed by atoms with Gasteiger partial charge in [-0.05, 0) is 37.8 Å². The van der Waals surface area contributed by atoms with Crippen LogP contribution in [0.3, 0.4) is 0 Å². The van der Waals surface area contributed by atoms with Crippen molar-refractivity contribution in [2.45, 2.75) is 51.9 Å². The molecular weight excluding hydrogens is 158 g/mol. The smallest absolute Gasteiger partial charge is 0.00389 e. The van der Waals surface area contributed by atoms with Gasteiger partial charge in [0.15, 0.2) is 0 Å². The van der Waals surface area contributed by atoms with Crippen LogP contribution in [0.4, 0.5) is 0 Å². The summed E-state index contributed by atoms with van der Waals surface area (Å²) in [7, 11) is 0. The van der Waals surface area contributed by atoms with Crippen LogP contribution < -0.4 is 0 Å². The first-order valence-electron chi connectivity index (χ1n) is 6.07. The molecule has 2 fully saturated rings. The van der Waals surface area contributed by atoms with Gasteiger partial charge in [0, 0.05) is 6.54 Å². The Morgan fingerprint density at radius 3 is 2.38 bits per heavy atom. The maximum atomic E-state index is 2.65. The Kier molecular flexibility index (Phi) is 2.92. The second-order valence-corrected chi connectivity index (χ2v) is 5.09. The van der Waals surface area contributed by atoms with E-state index in [0.717, 1.165) is 5.41 Å². The fourth-order valence-corrected chi connectivity index (χ4v) is 3.07. The summed E-state index contributed by atoms with van der Waals surface area (Å²) in [6.07, 6.45) is 10.3. The van der Waals surface area contributed by atoms with Crippen molar-refractivity contribution < 1.29 is 0 Å². The summed E-state index contributed by atoms with van der Waals surface area (Å²) in [6.45, 7) is 6.52. The van der Waals surface area contributed by atoms with E-state index in [1.807, 2.05) is 0 Å². The lowest BCUT2D eigenvalue weighted by atomic mass is 9.80. The van der Waals surface area contributed by atoms with Crippen molar-refractivity contribution in [2.75, 3.05) is 19.6 Å². The lowest BCUT2D eigenvalue weighted by Crippen LogP contribution is -2.19. The van der Waals surface area contributed by atoms with Gasteiger partial charge in [-0.25, -0.2) is 0 Å². The van der Waals surface area contributed by atoms with Crippen LogP contribution in [0, 0.1) is 5.41 Å². The highest BCUT2D eigenvalue weighted by molar-refractivity contribution is 4.96. The maximum Gasteiger partial charge on any atom is 0.00389 e. The normalized spacial score (nSPS) is 37.2. The molecule has 0 aromatic carbocycles. The average Bonchev–Trinajstić information content (AvgIpc) is 2.72. The van der Waals surface area contributed by atoms with Gasteiger partial charge in [0.25, 0.3) is 0 Å². The molecule has 13 heavy (non-hydrogen) atoms. The minimum atomic E-state index is 0.785. The number of unbranched alkanes of at least 4 members (excludes halogenated alkanes) is 3. The molecule has 1 nitrogen and oxygen atoms in total. The molecule has 2 rings (SSSR count). The third kappa shape index (κ3) is 2.07. The van der Waals surface area contributed by atoms with E-state index in [4.69, 9.17) is 0 Å². The highest BCUT2D eigenvalue weighted by atomic mass is 15.2. The van der Waals surface area contributed by atoms with Gasteiger partial charge in [-0.3, -0.25) is 0 Å². The minimum Gasteiger partial charge on any atom is -0.303 e. The Morgan fingerprint density at radius 1 is 1.08 bits per heavy atom. The van der Waals surface area contributed by atoms with Gasteiger partial charge in [-0.15, -0.1) is 0 Å². The van der Waals surface area contributed by atoms with Gasteiger partial charge in [-0.1, -0.05) is 32.6 Å². The first kappa shape index (κ1) is 9.51. The van der Waals surface area contributed by atoms with Crippen LogP contribution in [-0.4, -0.2) is 24.5 Å². The quantitative estimate of drug-likeness (QED) is 0.589. The molecule has 2 aliphatic heterocycles. The molecule has 0 atom stereocenters. The highest BCUT2D eigenvalue weighted by Crippen LogP contribution is 2.44. The van der Waals surface area contributed by atoms with Crippen LogP contribution in [0.1, 0.15) is 51.9 Å². The fourth-order valence-electron chi connectivity index (χ4n) is 3.07. The molecule has 0 aromatic rings. The molecule has 0 saturated carbocycles. The first-order valence-corrected chi connectivity index (χ1v) is 6.07. The van der Waals surface area contributed by atoms with Crippen molar-refractivity contribution >= 4 is 0 Å². The predicted molar refractivity (Wildman–Crippen MR) is 56.9 cm³/mol. The van der Waals surface area contributed by atoms with E-state index in [1.165, 1.54) is 64.6 Å². The van der Waals surface area contributed by atoms with E-state index in [1.54, 1.807) is 0 Å². The number of fused-ring (bicyclic) bond motifs is 2. The largest absolute Gasteiger partial charge is 0.303 e. The molecule has 2 heterocycles. The standard InChI is InChI=1S/C12H23N/c1-2-3-4-5-6-12-7-9-13(11-12)10-8-12/h2-11H2,1H3. The van der Waals surface area contributed by atoms with Crippen molar-refractivity contribution in [1.82, 2.24) is 4.90 Å². The summed E-state index contributed by atoms with van der Waals surface area (Å²) < 4.78 is 0. The zero-order valence-electron chi connectivity index (χ0n) is 9.02. The average molecular weight is 181 g/mol. The van der Waals surface area contributed by atoms with E-state index < -0.39 is 0 Å². The number of piperidine rings is 1. The van der Waals surface area contributed by atoms with Crippen LogP contribution in [0.5, 0.6) is 0 Å². The topological polar surface area (TPSA) is 3.24 Å². The van der Waals surface area contributed by atoms with Crippen molar-refractivity contribution in [1.29, 1.82) is 0 Å². The Balaban J connectivity index is 1.69. The Hall–Kier alpha value is -0.0400. The summed E-state index contributed by atoms with van der Waals surface area (Å²) in [6, 6.07) is 0. The Bertz CT molecular complexity index is 157. The molecule has 0 spiro atoms. The SMILES string of the molecule is CCCCCCC12CCN(CC1)C2. The van der Waals surface area contributed by atoms with Gasteiger partial charge < -0.3 is 4.90 Å². The van der Waals surface area contributed by atoms with E-state index in [-0.39, 0.29) is 0 Å². The summed E-state index contributed by atoms with van der Waals surface area (Å²) in [5, 5.41) is 0. The summed E-state index contributed by atoms with van der Waals surface area (Å²) in [5.74, 6) is 0. The monoisotopic (exact) mass is 181 g/mol. The number of nitrogens with zero attached hydrogens (tertiary/aromatic N) is 1. The van der Waals surface area contributed by atoms with Crippen molar-refractivity contribution in [2.24, 2.45) is 5.41 Å². The molecule has 1 heteroatoms. The Morgan fingerprint density at radius 2 is 1.85 bits per heavy atom. The van der Waals surface area contributed by atoms with E-state index in [0.29, 0.717) is 0 Å². The van der Waals surface area contributed by atoms with Gasteiger partial charge in [-0.2, -0.15) is 0 Å². The molecule has 0 radical (unpaired) electrons. The van der Waals surface area contributed by atoms with Crippen molar-refractivity contribution in [3.8, 4) is 0 Å². The van der Waals surface area contributed by atoms with E-state index >= 15 is 0 Å². The third-order valence-corrected chi connectivity index (χ3v) is 4.04. The molecule has 2 saturated heterocycles. The summed E-state index contributed by atoms with van der Waals surface area (Å²) in [5.41, 5.74) is 0.785. The van der Waals surface area contributed by atoms with Crippen LogP contribution >= 0.6 is 0 Å². The molecular formula is C12H23N. The summed E-state index contributed by atoms with van der Waals surface area (Å²) in [4.78, 5) is 2.65. The summed E-state index contributed by atoms with van der Waals surface area (Å²) >= 11 is 0. The van der Waals surface area contributed by atoms with E-state index in [9.17, 15) is 0 Å². The van der Waals surface area contributed by atoms with Crippen LogP contribution in [0.15, 0.2) is 0 Å². The molecule has 0 aliphatic carbocycles. The predicted octanol–water partition coefficient (Wildman–Crippen LogP) is 3.05. The molecule has 76 valence electrons. The molecule has 0 N–H and O–H groups in total. The first-order chi connectivity index (χ1) is 6.35. The lowest BCUT2D eigenvalue weighted by molar-refractivity contribution is 0.286. The number of rotatable bonds is 5. The third-order valence-electron chi connectivity index (χ3n) is 4.04. The molecule has 0 unspecified atom stereocenters. The number of hydrogen-bond acceptors (Lipinski definition) is 1. The van der Waals surface area contributed by atoms with Crippen molar-refractivity contribution in [3.63, 3.8) is 0 Å². The van der Waals surface area contributed by atoms with Crippen molar-refractivity contribution in [3.05, 3.63) is 0 Å². The zero-order valence-corrected chi connectivity index (χ0v) is 9.02. The maximum absolute atomic E-state index is 2.65. The van der Waals surface area contributed by atoms with Gasteiger partial charge in [0.05, 0.1) is 0 Å². The van der Waals surface area contributed by atoms with Gasteiger partial charge in [0.2, 0.25) is 0 Å². The molecule has 2 bridgehead atoms. The van der Waals surface area contributed by atoms with Gasteiger partial charge >= 0.3 is 0 Å². The number of hydrogen-bond donors (Lipinski definition) is 0. The van der Waals surface area contributed by atoms with Crippen LogP contribution in [-0.2, 0) is 0 Å². The second kappa shape index (κ2) is 4.00. The van der Waals surface area contributed by atoms with Crippen LogP contribution in [0.25, 0.3) is 0 Å². The van der Waals surface area contributed by atoms with Gasteiger partial charge in [0.1, 0.15) is 0 Å². The van der Waals surface area contributed by atoms with Crippen LogP contribution in [0.2, 0.25) is 0 Å². The van der Waals surface area contributed by atoms with E-state index in [2.05, 4.69) is 11.8 Å². The fraction of sp³-hybridized carbons (Fsp3) is 1.00. The lowest BCUT2D eigenvalue weighted by Gasteiger charge is -2.24. The molecule has 0 aromatic heterocycles. The highest BCUT2D eigenvalue weighted by Gasteiger charge is 2.42. The Labute approximate surface area is 82.5 Å². The zero-order chi connectivity index (χ0) is 9.15. The molecule has 2 aliphatic rings.